The molecule has 1 heterocycles. The van der Waals surface area contributed by atoms with Crippen molar-refractivity contribution in [2.75, 3.05) is 19.8 Å². The summed E-state index contributed by atoms with van der Waals surface area (Å²) in [4.78, 5) is 0. The van der Waals surface area contributed by atoms with Gasteiger partial charge >= 0.3 is 0 Å². The van der Waals surface area contributed by atoms with Gasteiger partial charge in [-0.1, -0.05) is 116 Å². The Morgan fingerprint density at radius 3 is 2.04 bits per heavy atom. The van der Waals surface area contributed by atoms with Crippen LogP contribution >= 0.6 is 0 Å². The van der Waals surface area contributed by atoms with Crippen LogP contribution in [0.1, 0.15) is 64.8 Å². The number of ether oxygens (including phenoxy) is 4. The van der Waals surface area contributed by atoms with Crippen molar-refractivity contribution in [3.8, 4) is 0 Å². The van der Waals surface area contributed by atoms with E-state index in [1.807, 2.05) is 36.4 Å². The molecule has 5 rings (SSSR count). The Hall–Kier alpha value is -3.58. The average Bonchev–Trinajstić information content (AvgIpc) is 3.11. The summed E-state index contributed by atoms with van der Waals surface area (Å²) in [7, 11) is 0. The highest BCUT2D eigenvalue weighted by molar-refractivity contribution is 5.38. The first kappa shape index (κ1) is 34.7. The lowest BCUT2D eigenvalue weighted by Gasteiger charge is -2.45. The fourth-order valence-electron chi connectivity index (χ4n) is 6.31. The van der Waals surface area contributed by atoms with Crippen molar-refractivity contribution in [1.82, 2.24) is 0 Å². The van der Waals surface area contributed by atoms with Gasteiger partial charge in [0.05, 0.1) is 38.6 Å². The third-order valence-electron chi connectivity index (χ3n) is 9.16. The highest BCUT2D eigenvalue weighted by Gasteiger charge is 2.45. The first-order valence-electron chi connectivity index (χ1n) is 17.0. The standard InChI is InChI=1S/C42H50O5/c1-4-24-44-25-12-11-13-33-19-21-34(22-20-33)26-38-27-37(23-18-31(38)2)41-42(46-30-36-16-9-6-10-17-36)40(32(3)39(28-43)47-41)45-29-35-14-7-5-8-15-35/h4-10,14-23,27,32,39-43H,1,11-13,24-26,28-30H2,2-3H3/t32?,39-,40+,41+,42?/m1/s1. The molecule has 0 saturated carbocycles. The summed E-state index contributed by atoms with van der Waals surface area (Å²) in [5.74, 6) is -0.0659. The van der Waals surface area contributed by atoms with E-state index in [1.54, 1.807) is 6.08 Å². The molecule has 4 aromatic carbocycles. The van der Waals surface area contributed by atoms with E-state index >= 15 is 0 Å². The summed E-state index contributed by atoms with van der Waals surface area (Å²) in [6.07, 6.45) is 4.41. The van der Waals surface area contributed by atoms with Crippen LogP contribution in [0.3, 0.4) is 0 Å². The second kappa shape index (κ2) is 18.1. The summed E-state index contributed by atoms with van der Waals surface area (Å²) in [6.45, 7) is 10.2. The maximum absolute atomic E-state index is 10.4. The van der Waals surface area contributed by atoms with Crippen molar-refractivity contribution in [3.63, 3.8) is 0 Å². The van der Waals surface area contributed by atoms with Crippen molar-refractivity contribution in [2.24, 2.45) is 5.92 Å². The molecule has 1 aliphatic rings. The first-order valence-corrected chi connectivity index (χ1v) is 17.0. The minimum atomic E-state index is -0.398. The maximum atomic E-state index is 10.4. The minimum Gasteiger partial charge on any atom is -0.394 e. The van der Waals surface area contributed by atoms with Gasteiger partial charge in [0.25, 0.3) is 0 Å². The summed E-state index contributed by atoms with van der Waals surface area (Å²) in [5, 5.41) is 10.4. The Bertz CT molecular complexity index is 1490. The monoisotopic (exact) mass is 634 g/mol. The molecule has 1 saturated heterocycles. The smallest absolute Gasteiger partial charge is 0.115 e. The second-order valence-electron chi connectivity index (χ2n) is 12.7. The molecule has 47 heavy (non-hydrogen) atoms. The number of benzene rings is 4. The van der Waals surface area contributed by atoms with E-state index in [2.05, 4.69) is 87.2 Å². The van der Waals surface area contributed by atoms with E-state index in [0.717, 1.165) is 49.0 Å². The molecule has 1 aliphatic heterocycles. The number of hydrogen-bond donors (Lipinski definition) is 1. The van der Waals surface area contributed by atoms with Crippen LogP contribution in [-0.4, -0.2) is 43.2 Å². The van der Waals surface area contributed by atoms with Gasteiger partial charge < -0.3 is 24.1 Å². The second-order valence-corrected chi connectivity index (χ2v) is 12.7. The maximum Gasteiger partial charge on any atom is 0.115 e. The Morgan fingerprint density at radius 2 is 1.40 bits per heavy atom. The lowest BCUT2D eigenvalue weighted by molar-refractivity contribution is -0.240. The number of aliphatic hydroxyl groups is 1. The van der Waals surface area contributed by atoms with Gasteiger partial charge in [0.2, 0.25) is 0 Å². The Labute approximate surface area is 281 Å². The lowest BCUT2D eigenvalue weighted by atomic mass is 9.84. The zero-order valence-electron chi connectivity index (χ0n) is 27.9. The van der Waals surface area contributed by atoms with Crippen LogP contribution in [0.5, 0.6) is 0 Å². The topological polar surface area (TPSA) is 57.2 Å². The van der Waals surface area contributed by atoms with E-state index in [0.29, 0.717) is 19.8 Å². The highest BCUT2D eigenvalue weighted by Crippen LogP contribution is 2.40. The molecule has 5 atom stereocenters. The van der Waals surface area contributed by atoms with E-state index in [-0.39, 0.29) is 30.8 Å². The molecular weight excluding hydrogens is 584 g/mol. The highest BCUT2D eigenvalue weighted by atomic mass is 16.6. The summed E-state index contributed by atoms with van der Waals surface area (Å²) < 4.78 is 25.6. The Kier molecular flexibility index (Phi) is 13.4. The fraction of sp³-hybridized carbons (Fsp3) is 0.381. The summed E-state index contributed by atoms with van der Waals surface area (Å²) in [6, 6.07) is 36.0. The molecule has 1 fully saturated rings. The molecule has 5 nitrogen and oxygen atoms in total. The number of hydrogen-bond acceptors (Lipinski definition) is 5. The van der Waals surface area contributed by atoms with E-state index in [4.69, 9.17) is 18.9 Å². The molecule has 2 unspecified atom stereocenters. The van der Waals surface area contributed by atoms with Gasteiger partial charge in [-0.2, -0.15) is 0 Å². The van der Waals surface area contributed by atoms with Crippen LogP contribution in [0.25, 0.3) is 0 Å². The van der Waals surface area contributed by atoms with Gasteiger partial charge in [-0.3, -0.25) is 0 Å². The van der Waals surface area contributed by atoms with Gasteiger partial charge in [-0.25, -0.2) is 0 Å². The predicted molar refractivity (Wildman–Crippen MR) is 188 cm³/mol. The van der Waals surface area contributed by atoms with Gasteiger partial charge in [-0.05, 0) is 71.6 Å². The number of unbranched alkanes of at least 4 members (excludes halogenated alkanes) is 1. The van der Waals surface area contributed by atoms with Crippen LogP contribution in [0, 0.1) is 12.8 Å². The zero-order chi connectivity index (χ0) is 32.8. The van der Waals surface area contributed by atoms with E-state index < -0.39 is 6.10 Å². The average molecular weight is 635 g/mol. The largest absolute Gasteiger partial charge is 0.394 e. The van der Waals surface area contributed by atoms with E-state index in [9.17, 15) is 5.11 Å². The quantitative estimate of drug-likeness (QED) is 0.0935. The molecule has 0 aliphatic carbocycles. The van der Waals surface area contributed by atoms with Crippen LogP contribution in [0.2, 0.25) is 0 Å². The Morgan fingerprint density at radius 1 is 0.766 bits per heavy atom. The molecule has 0 amide bonds. The van der Waals surface area contributed by atoms with Crippen molar-refractivity contribution in [2.45, 2.75) is 77.2 Å². The number of aliphatic hydroxyl groups excluding tert-OH is 1. The summed E-state index contributed by atoms with van der Waals surface area (Å²) in [5.41, 5.74) is 8.35. The first-order chi connectivity index (χ1) is 23.1. The third kappa shape index (κ3) is 9.96. The van der Waals surface area contributed by atoms with Gasteiger partial charge in [0, 0.05) is 12.5 Å². The van der Waals surface area contributed by atoms with Crippen LogP contribution < -0.4 is 0 Å². The molecule has 248 valence electrons. The number of aryl methyl sites for hydroxylation is 2. The minimum absolute atomic E-state index is 0.0659. The van der Waals surface area contributed by atoms with E-state index in [1.165, 1.54) is 22.3 Å². The molecule has 0 spiro atoms. The lowest BCUT2D eigenvalue weighted by Crippen LogP contribution is -2.53. The molecule has 1 N–H and O–H groups in total. The molecule has 4 aromatic rings. The SMILES string of the molecule is C=CCOCCCCc1ccc(Cc2cc([C@@H]3O[C@H](CO)C(C)[C@H](OCc4ccccc4)C3OCc3ccccc3)ccc2C)cc1. The normalized spacial score (nSPS) is 21.0. The number of rotatable bonds is 17. The molecular formula is C42H50O5. The third-order valence-corrected chi connectivity index (χ3v) is 9.16. The van der Waals surface area contributed by atoms with Crippen molar-refractivity contribution in [1.29, 1.82) is 0 Å². The van der Waals surface area contributed by atoms with Crippen LogP contribution in [0.4, 0.5) is 0 Å². The molecule has 5 heteroatoms. The summed E-state index contributed by atoms with van der Waals surface area (Å²) >= 11 is 0. The van der Waals surface area contributed by atoms with Gasteiger partial charge in [0.1, 0.15) is 12.2 Å². The Balaban J connectivity index is 1.34. The zero-order valence-corrected chi connectivity index (χ0v) is 27.9. The van der Waals surface area contributed by atoms with Gasteiger partial charge in [0.15, 0.2) is 0 Å². The molecule has 0 radical (unpaired) electrons. The van der Waals surface area contributed by atoms with Crippen LogP contribution in [-0.2, 0) is 45.0 Å². The van der Waals surface area contributed by atoms with Crippen LogP contribution in [0.15, 0.2) is 116 Å². The predicted octanol–water partition coefficient (Wildman–Crippen LogP) is 8.35. The van der Waals surface area contributed by atoms with Gasteiger partial charge in [-0.15, -0.1) is 6.58 Å². The van der Waals surface area contributed by atoms with Crippen molar-refractivity contribution in [3.05, 3.63) is 155 Å². The van der Waals surface area contributed by atoms with Crippen molar-refractivity contribution < 1.29 is 24.1 Å². The molecule has 0 bridgehead atoms. The van der Waals surface area contributed by atoms with Crippen molar-refractivity contribution >= 4 is 0 Å². The fourth-order valence-corrected chi connectivity index (χ4v) is 6.31. The molecule has 0 aromatic heterocycles.